The van der Waals surface area contributed by atoms with Gasteiger partial charge in [0.15, 0.2) is 0 Å². The molecule has 0 bridgehead atoms. The van der Waals surface area contributed by atoms with E-state index in [2.05, 4.69) is 17.0 Å². The summed E-state index contributed by atoms with van der Waals surface area (Å²) in [6, 6.07) is 10.3. The fourth-order valence-electron chi connectivity index (χ4n) is 1.98. The predicted octanol–water partition coefficient (Wildman–Crippen LogP) is 1.99. The van der Waals surface area contributed by atoms with Crippen LogP contribution >= 0.6 is 0 Å². The summed E-state index contributed by atoms with van der Waals surface area (Å²) in [5, 5.41) is 9.76. The molecule has 1 saturated heterocycles. The minimum atomic E-state index is -0.232. The Bertz CT molecular complexity index is 273. The van der Waals surface area contributed by atoms with Gasteiger partial charge in [-0.05, 0) is 24.8 Å². The van der Waals surface area contributed by atoms with Crippen LogP contribution < -0.4 is 0 Å². The molecule has 1 atom stereocenters. The summed E-state index contributed by atoms with van der Waals surface area (Å²) < 4.78 is 0. The molecule has 0 aliphatic carbocycles. The maximum atomic E-state index is 9.76. The van der Waals surface area contributed by atoms with Crippen LogP contribution in [0.15, 0.2) is 30.3 Å². The van der Waals surface area contributed by atoms with Gasteiger partial charge in [-0.1, -0.05) is 30.3 Å². The van der Waals surface area contributed by atoms with Crippen LogP contribution in [0.1, 0.15) is 24.8 Å². The van der Waals surface area contributed by atoms with E-state index >= 15 is 0 Å². The Morgan fingerprint density at radius 1 is 1.21 bits per heavy atom. The molecule has 14 heavy (non-hydrogen) atoms. The van der Waals surface area contributed by atoms with E-state index in [0.717, 1.165) is 25.9 Å². The van der Waals surface area contributed by atoms with Gasteiger partial charge >= 0.3 is 0 Å². The summed E-state index contributed by atoms with van der Waals surface area (Å²) in [6.45, 7) is 1.90. The van der Waals surface area contributed by atoms with Gasteiger partial charge in [0.25, 0.3) is 0 Å². The molecule has 1 heterocycles. The summed E-state index contributed by atoms with van der Waals surface area (Å²) in [4.78, 5) is 2.15. The van der Waals surface area contributed by atoms with E-state index in [0.29, 0.717) is 0 Å². The number of nitrogens with zero attached hydrogens (tertiary/aromatic N) is 1. The molecular weight excluding hydrogens is 174 g/mol. The second kappa shape index (κ2) is 4.58. The standard InChI is InChI=1S/C12H17NO/c14-12-8-4-5-9-13(12)10-11-6-2-1-3-7-11/h1-3,6-7,12,14H,4-5,8-10H2. The number of aliphatic hydroxyl groups is 1. The monoisotopic (exact) mass is 191 g/mol. The molecule has 2 heteroatoms. The van der Waals surface area contributed by atoms with Gasteiger partial charge in [-0.25, -0.2) is 0 Å². The highest BCUT2D eigenvalue weighted by Gasteiger charge is 2.19. The molecule has 1 aromatic rings. The normalized spacial score (nSPS) is 23.6. The average Bonchev–Trinajstić information content (AvgIpc) is 2.23. The lowest BCUT2D eigenvalue weighted by atomic mass is 10.1. The average molecular weight is 191 g/mol. The largest absolute Gasteiger partial charge is 0.378 e. The molecule has 0 radical (unpaired) electrons. The Kier molecular flexibility index (Phi) is 3.17. The summed E-state index contributed by atoms with van der Waals surface area (Å²) in [5.74, 6) is 0. The van der Waals surface area contributed by atoms with Crippen LogP contribution in [-0.2, 0) is 6.54 Å². The van der Waals surface area contributed by atoms with Gasteiger partial charge in [0.1, 0.15) is 6.23 Å². The highest BCUT2D eigenvalue weighted by atomic mass is 16.3. The Balaban J connectivity index is 1.96. The minimum absolute atomic E-state index is 0.232. The van der Waals surface area contributed by atoms with Gasteiger partial charge < -0.3 is 5.11 Å². The lowest BCUT2D eigenvalue weighted by Crippen LogP contribution is -2.38. The summed E-state index contributed by atoms with van der Waals surface area (Å²) in [6.07, 6.45) is 3.06. The Hall–Kier alpha value is -0.860. The van der Waals surface area contributed by atoms with E-state index in [9.17, 15) is 5.11 Å². The quantitative estimate of drug-likeness (QED) is 0.772. The molecular formula is C12H17NO. The van der Waals surface area contributed by atoms with Crippen LogP contribution in [0.2, 0.25) is 0 Å². The third-order valence-corrected chi connectivity index (χ3v) is 2.81. The molecule has 0 amide bonds. The Labute approximate surface area is 85.2 Å². The molecule has 76 valence electrons. The number of likely N-dealkylation sites (tertiary alicyclic amines) is 1. The fourth-order valence-corrected chi connectivity index (χ4v) is 1.98. The summed E-state index contributed by atoms with van der Waals surface area (Å²) in [5.41, 5.74) is 1.29. The van der Waals surface area contributed by atoms with Gasteiger partial charge in [-0.3, -0.25) is 4.90 Å². The minimum Gasteiger partial charge on any atom is -0.378 e. The Morgan fingerprint density at radius 2 is 2.00 bits per heavy atom. The summed E-state index contributed by atoms with van der Waals surface area (Å²) >= 11 is 0. The van der Waals surface area contributed by atoms with Crippen molar-refractivity contribution in [2.75, 3.05) is 6.54 Å². The maximum absolute atomic E-state index is 9.76. The van der Waals surface area contributed by atoms with Crippen molar-refractivity contribution in [1.29, 1.82) is 0 Å². The number of aliphatic hydroxyl groups excluding tert-OH is 1. The molecule has 1 aliphatic heterocycles. The van der Waals surface area contributed by atoms with Gasteiger partial charge in [0.05, 0.1) is 0 Å². The van der Waals surface area contributed by atoms with Crippen molar-refractivity contribution < 1.29 is 5.11 Å². The number of hydrogen-bond donors (Lipinski definition) is 1. The third-order valence-electron chi connectivity index (χ3n) is 2.81. The van der Waals surface area contributed by atoms with Crippen molar-refractivity contribution >= 4 is 0 Å². The molecule has 0 saturated carbocycles. The van der Waals surface area contributed by atoms with E-state index in [4.69, 9.17) is 0 Å². The van der Waals surface area contributed by atoms with Crippen LogP contribution in [0.5, 0.6) is 0 Å². The molecule has 1 fully saturated rings. The lowest BCUT2D eigenvalue weighted by molar-refractivity contribution is -0.0290. The lowest BCUT2D eigenvalue weighted by Gasteiger charge is -2.31. The fraction of sp³-hybridized carbons (Fsp3) is 0.500. The van der Waals surface area contributed by atoms with E-state index in [1.165, 1.54) is 12.0 Å². The van der Waals surface area contributed by atoms with Crippen LogP contribution in [-0.4, -0.2) is 22.8 Å². The number of rotatable bonds is 2. The van der Waals surface area contributed by atoms with Gasteiger partial charge in [0, 0.05) is 13.1 Å². The second-order valence-electron chi connectivity index (χ2n) is 3.93. The topological polar surface area (TPSA) is 23.5 Å². The SMILES string of the molecule is OC1CCCCN1Cc1ccccc1. The first-order chi connectivity index (χ1) is 6.86. The zero-order valence-corrected chi connectivity index (χ0v) is 8.39. The zero-order valence-electron chi connectivity index (χ0n) is 8.39. The molecule has 0 spiro atoms. The number of piperidine rings is 1. The molecule has 1 aliphatic rings. The number of benzene rings is 1. The molecule has 2 rings (SSSR count). The zero-order chi connectivity index (χ0) is 9.80. The first-order valence-electron chi connectivity index (χ1n) is 5.32. The van der Waals surface area contributed by atoms with E-state index in [1.807, 2.05) is 18.2 Å². The van der Waals surface area contributed by atoms with Crippen molar-refractivity contribution in [3.8, 4) is 0 Å². The first-order valence-corrected chi connectivity index (χ1v) is 5.32. The van der Waals surface area contributed by atoms with E-state index in [-0.39, 0.29) is 6.23 Å². The van der Waals surface area contributed by atoms with Crippen molar-refractivity contribution in [2.24, 2.45) is 0 Å². The van der Waals surface area contributed by atoms with Crippen molar-refractivity contribution in [2.45, 2.75) is 32.0 Å². The van der Waals surface area contributed by atoms with Crippen molar-refractivity contribution in [3.63, 3.8) is 0 Å². The Morgan fingerprint density at radius 3 is 2.71 bits per heavy atom. The first kappa shape index (κ1) is 9.69. The smallest absolute Gasteiger partial charge is 0.107 e. The van der Waals surface area contributed by atoms with Gasteiger partial charge in [-0.15, -0.1) is 0 Å². The van der Waals surface area contributed by atoms with Crippen LogP contribution in [0.3, 0.4) is 0 Å². The third kappa shape index (κ3) is 2.34. The highest BCUT2D eigenvalue weighted by molar-refractivity contribution is 5.14. The van der Waals surface area contributed by atoms with Crippen molar-refractivity contribution in [3.05, 3.63) is 35.9 Å². The van der Waals surface area contributed by atoms with Crippen LogP contribution in [0.4, 0.5) is 0 Å². The predicted molar refractivity (Wildman–Crippen MR) is 56.7 cm³/mol. The van der Waals surface area contributed by atoms with Crippen molar-refractivity contribution in [1.82, 2.24) is 4.90 Å². The highest BCUT2D eigenvalue weighted by Crippen LogP contribution is 2.17. The van der Waals surface area contributed by atoms with E-state index < -0.39 is 0 Å². The molecule has 2 nitrogen and oxygen atoms in total. The van der Waals surface area contributed by atoms with Crippen LogP contribution in [0, 0.1) is 0 Å². The molecule has 1 unspecified atom stereocenters. The number of hydrogen-bond acceptors (Lipinski definition) is 2. The van der Waals surface area contributed by atoms with Gasteiger partial charge in [-0.2, -0.15) is 0 Å². The van der Waals surface area contributed by atoms with E-state index in [1.54, 1.807) is 0 Å². The molecule has 0 aromatic heterocycles. The molecule has 1 aromatic carbocycles. The molecule has 1 N–H and O–H groups in total. The second-order valence-corrected chi connectivity index (χ2v) is 3.93. The summed E-state index contributed by atoms with van der Waals surface area (Å²) in [7, 11) is 0. The van der Waals surface area contributed by atoms with Gasteiger partial charge in [0.2, 0.25) is 0 Å². The van der Waals surface area contributed by atoms with Crippen LogP contribution in [0.25, 0.3) is 0 Å². The maximum Gasteiger partial charge on any atom is 0.107 e.